The summed E-state index contributed by atoms with van der Waals surface area (Å²) in [5.74, 6) is 0. The van der Waals surface area contributed by atoms with Crippen LogP contribution in [0.15, 0.2) is 6.20 Å². The molecule has 1 heterocycles. The average Bonchev–Trinajstić information content (AvgIpc) is 2.80. The van der Waals surface area contributed by atoms with E-state index in [0.29, 0.717) is 24.4 Å². The molecule has 1 aromatic rings. The maximum absolute atomic E-state index is 10.7. The molecule has 5 nitrogen and oxygen atoms in total. The third-order valence-corrected chi connectivity index (χ3v) is 3.80. The van der Waals surface area contributed by atoms with Gasteiger partial charge in [-0.05, 0) is 33.4 Å². The Balaban J connectivity index is 2.23. The summed E-state index contributed by atoms with van der Waals surface area (Å²) >= 11 is 6.18. The van der Waals surface area contributed by atoms with Crippen molar-refractivity contribution in [2.75, 3.05) is 20.6 Å². The van der Waals surface area contributed by atoms with Gasteiger partial charge in [0.15, 0.2) is 0 Å². The summed E-state index contributed by atoms with van der Waals surface area (Å²) in [6.45, 7) is 1.57. The van der Waals surface area contributed by atoms with Gasteiger partial charge >= 0.3 is 0 Å². The van der Waals surface area contributed by atoms with Gasteiger partial charge in [-0.3, -0.25) is 4.68 Å². The molecule has 102 valence electrons. The first kappa shape index (κ1) is 13.8. The average molecular weight is 273 g/mol. The van der Waals surface area contributed by atoms with Crippen molar-refractivity contribution in [3.05, 3.63) is 16.9 Å². The second-order valence-corrected chi connectivity index (χ2v) is 5.81. The van der Waals surface area contributed by atoms with E-state index < -0.39 is 5.60 Å². The molecule has 0 radical (unpaired) electrons. The van der Waals surface area contributed by atoms with Crippen LogP contribution in [0.4, 0.5) is 0 Å². The van der Waals surface area contributed by atoms with Crippen molar-refractivity contribution in [2.45, 2.75) is 37.5 Å². The van der Waals surface area contributed by atoms with Crippen LogP contribution in [0, 0.1) is 0 Å². The van der Waals surface area contributed by atoms with E-state index in [-0.39, 0.29) is 6.04 Å². The van der Waals surface area contributed by atoms with E-state index in [1.54, 1.807) is 10.9 Å². The molecule has 0 aromatic carbocycles. The van der Waals surface area contributed by atoms with Crippen molar-refractivity contribution < 1.29 is 5.11 Å². The molecule has 1 saturated carbocycles. The maximum Gasteiger partial charge on any atom is 0.109 e. The molecule has 18 heavy (non-hydrogen) atoms. The first-order chi connectivity index (χ1) is 8.42. The highest BCUT2D eigenvalue weighted by atomic mass is 35.5. The van der Waals surface area contributed by atoms with E-state index in [9.17, 15) is 5.11 Å². The predicted molar refractivity (Wildman–Crippen MR) is 71.5 cm³/mol. The minimum atomic E-state index is -0.917. The van der Waals surface area contributed by atoms with Gasteiger partial charge in [0.2, 0.25) is 0 Å². The van der Waals surface area contributed by atoms with Crippen molar-refractivity contribution in [1.29, 1.82) is 0 Å². The number of aliphatic hydroxyl groups is 1. The topological polar surface area (TPSA) is 67.3 Å². The quantitative estimate of drug-likeness (QED) is 0.851. The van der Waals surface area contributed by atoms with Crippen molar-refractivity contribution in [3.8, 4) is 0 Å². The summed E-state index contributed by atoms with van der Waals surface area (Å²) in [4.78, 5) is 2.07. The molecule has 1 aromatic heterocycles. The number of likely N-dealkylation sites (N-methyl/N-ethyl adjacent to an activating group) is 1. The molecule has 1 fully saturated rings. The van der Waals surface area contributed by atoms with Gasteiger partial charge in [-0.25, -0.2) is 0 Å². The molecule has 2 unspecified atom stereocenters. The van der Waals surface area contributed by atoms with Gasteiger partial charge in [0.25, 0.3) is 0 Å². The molecule has 6 heteroatoms. The summed E-state index contributed by atoms with van der Waals surface area (Å²) in [5, 5.41) is 15.5. The van der Waals surface area contributed by atoms with Gasteiger partial charge in [0.1, 0.15) is 5.60 Å². The van der Waals surface area contributed by atoms with Crippen LogP contribution in [0.3, 0.4) is 0 Å². The zero-order chi connectivity index (χ0) is 13.3. The number of rotatable bonds is 4. The lowest BCUT2D eigenvalue weighted by Crippen LogP contribution is -2.30. The fourth-order valence-corrected chi connectivity index (χ4v) is 2.88. The van der Waals surface area contributed by atoms with Crippen LogP contribution in [0.5, 0.6) is 0 Å². The molecular weight excluding hydrogens is 252 g/mol. The van der Waals surface area contributed by atoms with Crippen LogP contribution in [0.25, 0.3) is 0 Å². The lowest BCUT2D eigenvalue weighted by atomic mass is 9.97. The van der Waals surface area contributed by atoms with Crippen LogP contribution in [-0.4, -0.2) is 46.5 Å². The van der Waals surface area contributed by atoms with Crippen molar-refractivity contribution in [1.82, 2.24) is 14.7 Å². The Bertz CT molecular complexity index is 420. The van der Waals surface area contributed by atoms with Gasteiger partial charge in [0, 0.05) is 12.6 Å². The highest BCUT2D eigenvalue weighted by molar-refractivity contribution is 6.31. The summed E-state index contributed by atoms with van der Waals surface area (Å²) in [6, 6.07) is 0.0447. The molecule has 0 saturated heterocycles. The predicted octanol–water partition coefficient (Wildman–Crippen LogP) is 0.797. The summed E-state index contributed by atoms with van der Waals surface area (Å²) in [7, 11) is 4.01. The summed E-state index contributed by atoms with van der Waals surface area (Å²) < 4.78 is 1.81. The second kappa shape index (κ2) is 5.17. The number of hydrogen-bond donors (Lipinski definition) is 2. The number of nitrogens with zero attached hydrogens (tertiary/aromatic N) is 3. The SMILES string of the molecule is CN(C)CCn1ncc(Cl)c1C1(O)CCC(N)C1. The van der Waals surface area contributed by atoms with Crippen molar-refractivity contribution in [2.24, 2.45) is 5.73 Å². The van der Waals surface area contributed by atoms with Crippen molar-refractivity contribution >= 4 is 11.6 Å². The third-order valence-electron chi connectivity index (χ3n) is 3.52. The Morgan fingerprint density at radius 1 is 1.67 bits per heavy atom. The van der Waals surface area contributed by atoms with Gasteiger partial charge in [-0.2, -0.15) is 5.10 Å². The Morgan fingerprint density at radius 2 is 2.39 bits per heavy atom. The Hall–Kier alpha value is -0.620. The van der Waals surface area contributed by atoms with Crippen LogP contribution in [0.1, 0.15) is 25.0 Å². The molecule has 2 atom stereocenters. The molecule has 1 aliphatic rings. The summed E-state index contributed by atoms with van der Waals surface area (Å²) in [5.41, 5.74) is 5.70. The monoisotopic (exact) mass is 272 g/mol. The normalized spacial score (nSPS) is 28.2. The van der Waals surface area contributed by atoms with Gasteiger partial charge in [-0.1, -0.05) is 11.6 Å². The standard InChI is InChI=1S/C12H21ClN4O/c1-16(2)5-6-17-11(10(13)8-15-17)12(18)4-3-9(14)7-12/h8-9,18H,3-7,14H2,1-2H3. The molecule has 0 spiro atoms. The van der Waals surface area contributed by atoms with E-state index in [1.165, 1.54) is 0 Å². The van der Waals surface area contributed by atoms with E-state index >= 15 is 0 Å². The van der Waals surface area contributed by atoms with E-state index in [4.69, 9.17) is 17.3 Å². The molecule has 1 aliphatic carbocycles. The minimum absolute atomic E-state index is 0.0447. The fourth-order valence-electron chi connectivity index (χ4n) is 2.57. The third kappa shape index (κ3) is 2.69. The van der Waals surface area contributed by atoms with Crippen LogP contribution in [0.2, 0.25) is 5.02 Å². The summed E-state index contributed by atoms with van der Waals surface area (Å²) in [6.07, 6.45) is 3.64. The molecule has 3 N–H and O–H groups in total. The van der Waals surface area contributed by atoms with E-state index in [0.717, 1.165) is 18.7 Å². The number of hydrogen-bond acceptors (Lipinski definition) is 4. The molecule has 2 rings (SSSR count). The second-order valence-electron chi connectivity index (χ2n) is 5.40. The smallest absolute Gasteiger partial charge is 0.109 e. The minimum Gasteiger partial charge on any atom is -0.383 e. The Kier molecular flexibility index (Phi) is 3.96. The number of halogens is 1. The lowest BCUT2D eigenvalue weighted by molar-refractivity contribution is 0.0333. The van der Waals surface area contributed by atoms with Crippen LogP contribution < -0.4 is 5.73 Å². The first-order valence-corrected chi connectivity index (χ1v) is 6.64. The van der Waals surface area contributed by atoms with Gasteiger partial charge in [-0.15, -0.1) is 0 Å². The number of nitrogens with two attached hydrogens (primary N) is 1. The highest BCUT2D eigenvalue weighted by Gasteiger charge is 2.41. The van der Waals surface area contributed by atoms with Gasteiger partial charge in [0.05, 0.1) is 23.5 Å². The molecule has 0 bridgehead atoms. The van der Waals surface area contributed by atoms with Crippen LogP contribution in [-0.2, 0) is 12.1 Å². The Labute approximate surface area is 113 Å². The van der Waals surface area contributed by atoms with Crippen LogP contribution >= 0.6 is 11.6 Å². The first-order valence-electron chi connectivity index (χ1n) is 6.27. The molecule has 0 amide bonds. The van der Waals surface area contributed by atoms with E-state index in [1.807, 2.05) is 14.1 Å². The molecule has 0 aliphatic heterocycles. The largest absolute Gasteiger partial charge is 0.383 e. The zero-order valence-electron chi connectivity index (χ0n) is 10.9. The van der Waals surface area contributed by atoms with E-state index in [2.05, 4.69) is 10.00 Å². The maximum atomic E-state index is 10.7. The van der Waals surface area contributed by atoms with Gasteiger partial charge < -0.3 is 15.7 Å². The molecular formula is C12H21ClN4O. The van der Waals surface area contributed by atoms with Crippen molar-refractivity contribution in [3.63, 3.8) is 0 Å². The Morgan fingerprint density at radius 3 is 2.94 bits per heavy atom. The number of aromatic nitrogens is 2. The lowest BCUT2D eigenvalue weighted by Gasteiger charge is -2.25. The zero-order valence-corrected chi connectivity index (χ0v) is 11.7. The fraction of sp³-hybridized carbons (Fsp3) is 0.750. The highest BCUT2D eigenvalue weighted by Crippen LogP contribution is 2.40.